The molecule has 14 heteroatoms. The number of carbonyl (C=O) groups excluding carboxylic acids is 3. The van der Waals surface area contributed by atoms with Gasteiger partial charge in [0.25, 0.3) is 11.7 Å². The van der Waals surface area contributed by atoms with Crippen molar-refractivity contribution in [1.82, 2.24) is 4.31 Å². The number of nitrogens with zero attached hydrogens (tertiary/aromatic N) is 1. The van der Waals surface area contributed by atoms with Crippen LogP contribution in [0.15, 0.2) is 65.7 Å². The molecule has 198 valence electrons. The van der Waals surface area contributed by atoms with Gasteiger partial charge in [0.1, 0.15) is 0 Å². The van der Waals surface area contributed by atoms with Crippen LogP contribution in [0.2, 0.25) is 0 Å². The summed E-state index contributed by atoms with van der Waals surface area (Å²) in [5.74, 6) is -3.73. The molecule has 0 bridgehead atoms. The Morgan fingerprint density at radius 1 is 1.03 bits per heavy atom. The highest BCUT2D eigenvalue weighted by Crippen LogP contribution is 2.20. The number of halogens is 3. The molecule has 0 aliphatic carbocycles. The standard InChI is InChI=1S/C23H22F3N3O7S/c24-23(25,26)20(30)9-10-27-19-4-2-1-3-18(19)22(32)36-15-21(31)28-16-5-7-17(8-6-16)37(33,34)29-11-13-35-14-12-29/h1-10,27H,11-15H2,(H,28,31)/b10-9+. The van der Waals surface area contributed by atoms with E-state index in [1.165, 1.54) is 52.8 Å². The number of ketones is 1. The lowest BCUT2D eigenvalue weighted by molar-refractivity contribution is -0.165. The van der Waals surface area contributed by atoms with Gasteiger partial charge in [0.15, 0.2) is 6.61 Å². The Balaban J connectivity index is 1.55. The molecule has 10 nitrogen and oxygen atoms in total. The fourth-order valence-electron chi connectivity index (χ4n) is 3.14. The molecule has 2 aromatic carbocycles. The van der Waals surface area contributed by atoms with Crippen molar-refractivity contribution in [3.63, 3.8) is 0 Å². The number of ether oxygens (including phenoxy) is 2. The maximum atomic E-state index is 12.7. The normalized spacial score (nSPS) is 14.8. The molecule has 1 aliphatic heterocycles. The van der Waals surface area contributed by atoms with Crippen LogP contribution in [0.4, 0.5) is 24.5 Å². The van der Waals surface area contributed by atoms with Crippen LogP contribution in [0, 0.1) is 0 Å². The van der Waals surface area contributed by atoms with E-state index in [1.807, 2.05) is 0 Å². The van der Waals surface area contributed by atoms with Crippen LogP contribution >= 0.6 is 0 Å². The number of sulfonamides is 1. The molecule has 1 saturated heterocycles. The first-order valence-corrected chi connectivity index (χ1v) is 12.2. The zero-order chi connectivity index (χ0) is 27.1. The van der Waals surface area contributed by atoms with Crippen molar-refractivity contribution in [2.24, 2.45) is 0 Å². The molecular weight excluding hydrogens is 519 g/mol. The Hall–Kier alpha value is -3.75. The summed E-state index contributed by atoms with van der Waals surface area (Å²) in [6, 6.07) is 11.1. The molecule has 0 aromatic heterocycles. The first kappa shape index (κ1) is 27.8. The Bertz CT molecular complexity index is 1270. The molecule has 3 rings (SSSR count). The summed E-state index contributed by atoms with van der Waals surface area (Å²) in [4.78, 5) is 35.6. The number of hydrogen-bond donors (Lipinski definition) is 2. The van der Waals surface area contributed by atoms with Crippen molar-refractivity contribution in [3.8, 4) is 0 Å². The first-order valence-electron chi connectivity index (χ1n) is 10.8. The van der Waals surface area contributed by atoms with Crippen LogP contribution in [0.1, 0.15) is 10.4 Å². The highest BCUT2D eigenvalue weighted by atomic mass is 32.2. The van der Waals surface area contributed by atoms with E-state index in [0.29, 0.717) is 13.2 Å². The molecule has 0 saturated carbocycles. The van der Waals surface area contributed by atoms with E-state index in [-0.39, 0.29) is 41.0 Å². The van der Waals surface area contributed by atoms with Crippen molar-refractivity contribution >= 4 is 39.1 Å². The second-order valence-corrected chi connectivity index (χ2v) is 9.49. The monoisotopic (exact) mass is 541 g/mol. The van der Waals surface area contributed by atoms with Crippen molar-refractivity contribution in [2.75, 3.05) is 43.5 Å². The molecule has 0 unspecified atom stereocenters. The number of rotatable bonds is 9. The van der Waals surface area contributed by atoms with Crippen LogP contribution in [0.25, 0.3) is 0 Å². The molecule has 0 spiro atoms. The predicted molar refractivity (Wildman–Crippen MR) is 125 cm³/mol. The molecule has 1 aliphatic rings. The second kappa shape index (κ2) is 12.0. The Morgan fingerprint density at radius 3 is 2.32 bits per heavy atom. The fourth-order valence-corrected chi connectivity index (χ4v) is 4.55. The van der Waals surface area contributed by atoms with Gasteiger partial charge in [-0.1, -0.05) is 12.1 Å². The van der Waals surface area contributed by atoms with Crippen LogP contribution in [0.3, 0.4) is 0 Å². The van der Waals surface area contributed by atoms with Gasteiger partial charge < -0.3 is 20.1 Å². The third-order valence-corrected chi connectivity index (χ3v) is 6.89. The molecule has 1 heterocycles. The van der Waals surface area contributed by atoms with Gasteiger partial charge >= 0.3 is 12.1 Å². The van der Waals surface area contributed by atoms with E-state index in [1.54, 1.807) is 0 Å². The number of benzene rings is 2. The summed E-state index contributed by atoms with van der Waals surface area (Å²) in [6.07, 6.45) is -4.02. The van der Waals surface area contributed by atoms with E-state index >= 15 is 0 Å². The summed E-state index contributed by atoms with van der Waals surface area (Å²) in [5, 5.41) is 4.87. The average Bonchev–Trinajstić information content (AvgIpc) is 2.88. The number of alkyl halides is 3. The topological polar surface area (TPSA) is 131 Å². The largest absolute Gasteiger partial charge is 0.454 e. The number of allylic oxidation sites excluding steroid dienone is 1. The lowest BCUT2D eigenvalue weighted by Crippen LogP contribution is -2.40. The summed E-state index contributed by atoms with van der Waals surface area (Å²) in [5.41, 5.74) is 0.233. The van der Waals surface area contributed by atoms with Gasteiger partial charge in [-0.3, -0.25) is 9.59 Å². The van der Waals surface area contributed by atoms with Crippen LogP contribution < -0.4 is 10.6 Å². The Morgan fingerprint density at radius 2 is 1.68 bits per heavy atom. The highest BCUT2D eigenvalue weighted by Gasteiger charge is 2.36. The van der Waals surface area contributed by atoms with Crippen molar-refractivity contribution in [3.05, 3.63) is 66.4 Å². The molecular formula is C23H22F3N3O7S. The fraction of sp³-hybridized carbons (Fsp3) is 0.261. The minimum atomic E-state index is -5.03. The molecule has 1 amide bonds. The number of morpholine rings is 1. The molecule has 0 radical (unpaired) electrons. The third-order valence-electron chi connectivity index (χ3n) is 4.98. The number of amides is 1. The number of para-hydroxylation sites is 1. The zero-order valence-corrected chi connectivity index (χ0v) is 20.0. The molecule has 1 fully saturated rings. The summed E-state index contributed by atoms with van der Waals surface area (Å²) < 4.78 is 73.6. The minimum Gasteiger partial charge on any atom is -0.452 e. The van der Waals surface area contributed by atoms with E-state index < -0.39 is 40.5 Å². The molecule has 2 N–H and O–H groups in total. The van der Waals surface area contributed by atoms with E-state index in [2.05, 4.69) is 10.6 Å². The quantitative estimate of drug-likeness (QED) is 0.366. The molecule has 37 heavy (non-hydrogen) atoms. The third kappa shape index (κ3) is 7.62. The lowest BCUT2D eigenvalue weighted by Gasteiger charge is -2.26. The number of carbonyl (C=O) groups is 3. The number of anilines is 2. The maximum Gasteiger partial charge on any atom is 0.454 e. The Labute approximate surface area is 210 Å². The number of esters is 1. The zero-order valence-electron chi connectivity index (χ0n) is 19.2. The lowest BCUT2D eigenvalue weighted by atomic mass is 10.2. The molecule has 2 aromatic rings. The van der Waals surface area contributed by atoms with Crippen LogP contribution in [-0.2, 0) is 29.1 Å². The van der Waals surface area contributed by atoms with Gasteiger partial charge in [0, 0.05) is 31.1 Å². The van der Waals surface area contributed by atoms with Crippen molar-refractivity contribution < 1.29 is 45.4 Å². The SMILES string of the molecule is O=C(COC(=O)c1ccccc1N/C=C/C(=O)C(F)(F)F)Nc1ccc(S(=O)(=O)N2CCOCC2)cc1. The van der Waals surface area contributed by atoms with Crippen molar-refractivity contribution in [1.29, 1.82) is 0 Å². The summed E-state index contributed by atoms with van der Waals surface area (Å²) >= 11 is 0. The van der Waals surface area contributed by atoms with E-state index in [9.17, 15) is 36.0 Å². The van der Waals surface area contributed by atoms with Crippen molar-refractivity contribution in [2.45, 2.75) is 11.1 Å². The van der Waals surface area contributed by atoms with Gasteiger partial charge in [0.2, 0.25) is 10.0 Å². The average molecular weight is 542 g/mol. The van der Waals surface area contributed by atoms with Crippen LogP contribution in [0.5, 0.6) is 0 Å². The smallest absolute Gasteiger partial charge is 0.452 e. The second-order valence-electron chi connectivity index (χ2n) is 7.55. The highest BCUT2D eigenvalue weighted by molar-refractivity contribution is 7.89. The van der Waals surface area contributed by atoms with Gasteiger partial charge in [-0.2, -0.15) is 17.5 Å². The van der Waals surface area contributed by atoms with Crippen LogP contribution in [-0.4, -0.2) is 69.5 Å². The summed E-state index contributed by atoms with van der Waals surface area (Å²) in [6.45, 7) is 0.408. The molecule has 0 atom stereocenters. The van der Waals surface area contributed by atoms with E-state index in [4.69, 9.17) is 9.47 Å². The van der Waals surface area contributed by atoms with E-state index in [0.717, 1.165) is 6.20 Å². The predicted octanol–water partition coefficient (Wildman–Crippen LogP) is 2.56. The number of nitrogens with one attached hydrogen (secondary N) is 2. The van der Waals surface area contributed by atoms with Gasteiger partial charge in [-0.05, 0) is 36.4 Å². The minimum absolute atomic E-state index is 0.0499. The van der Waals surface area contributed by atoms with Gasteiger partial charge in [-0.25, -0.2) is 13.2 Å². The summed E-state index contributed by atoms with van der Waals surface area (Å²) in [7, 11) is -3.70. The Kier molecular flexibility index (Phi) is 9.02. The maximum absolute atomic E-state index is 12.7. The number of hydrogen-bond acceptors (Lipinski definition) is 8. The van der Waals surface area contributed by atoms with Gasteiger partial charge in [0.05, 0.1) is 29.4 Å². The van der Waals surface area contributed by atoms with Gasteiger partial charge in [-0.15, -0.1) is 0 Å². The first-order chi connectivity index (χ1) is 17.5.